The standard InChI is InChI=1S/C57H102O6/c1-4-7-10-13-16-19-22-25-28-31-34-37-40-43-46-49-55(58)61-52-54(63-57(60)51-48-45-42-39-36-33-30-27-24-21-18-15-12-9-6-3)53-62-56(59)50-47-44-41-38-35-32-29-26-23-20-17-14-11-8-5-2/h16,19-21,23-25,28,54H,4-15,17-18,22,26-27,29-53H2,1-3H3/b19-16+,23-20+,24-21+,28-25+/t54-/m0/s1. The van der Waals surface area contributed by atoms with E-state index >= 15 is 0 Å². The highest BCUT2D eigenvalue weighted by atomic mass is 16.6. The van der Waals surface area contributed by atoms with Gasteiger partial charge >= 0.3 is 17.9 Å². The SMILES string of the molecule is CCCCC/C=C/C/C=C/CCCCCCCC(=O)OC[C@@H](COC(=O)CCCCCCCCC/C=C/CCCCCC)OC(=O)CCCCCCCCC/C=C/CCCCCC. The van der Waals surface area contributed by atoms with Crippen LogP contribution in [0.4, 0.5) is 0 Å². The lowest BCUT2D eigenvalue weighted by molar-refractivity contribution is -0.167. The summed E-state index contributed by atoms with van der Waals surface area (Å²) in [6.45, 7) is 6.59. The van der Waals surface area contributed by atoms with Crippen LogP contribution >= 0.6 is 0 Å². The molecule has 0 heterocycles. The van der Waals surface area contributed by atoms with Gasteiger partial charge in [-0.1, -0.05) is 204 Å². The normalized spacial score (nSPS) is 12.4. The van der Waals surface area contributed by atoms with Crippen molar-refractivity contribution in [2.75, 3.05) is 13.2 Å². The third kappa shape index (κ3) is 50.2. The van der Waals surface area contributed by atoms with Crippen LogP contribution in [0.3, 0.4) is 0 Å². The number of allylic oxidation sites excluding steroid dienone is 8. The molecule has 0 bridgehead atoms. The van der Waals surface area contributed by atoms with E-state index in [0.29, 0.717) is 19.3 Å². The third-order valence-electron chi connectivity index (χ3n) is 11.8. The van der Waals surface area contributed by atoms with E-state index in [4.69, 9.17) is 14.2 Å². The number of ether oxygens (including phenoxy) is 3. The van der Waals surface area contributed by atoms with Crippen LogP contribution in [0.2, 0.25) is 0 Å². The first-order chi connectivity index (χ1) is 31.0. The predicted octanol–water partition coefficient (Wildman–Crippen LogP) is 17.9. The van der Waals surface area contributed by atoms with Gasteiger partial charge in [0.05, 0.1) is 0 Å². The van der Waals surface area contributed by atoms with Crippen LogP contribution < -0.4 is 0 Å². The molecule has 0 N–H and O–H groups in total. The molecule has 0 aliphatic heterocycles. The summed E-state index contributed by atoms with van der Waals surface area (Å²) >= 11 is 0. The average molecular weight is 883 g/mol. The van der Waals surface area contributed by atoms with Crippen LogP contribution in [0, 0.1) is 0 Å². The molecular weight excluding hydrogens is 781 g/mol. The maximum absolute atomic E-state index is 12.8. The summed E-state index contributed by atoms with van der Waals surface area (Å²) in [5.74, 6) is -0.895. The summed E-state index contributed by atoms with van der Waals surface area (Å²) in [6.07, 6.45) is 62.3. The van der Waals surface area contributed by atoms with E-state index in [-0.39, 0.29) is 31.1 Å². The zero-order valence-electron chi connectivity index (χ0n) is 41.8. The van der Waals surface area contributed by atoms with E-state index in [2.05, 4.69) is 69.4 Å². The van der Waals surface area contributed by atoms with Crippen LogP contribution in [0.1, 0.15) is 278 Å². The topological polar surface area (TPSA) is 78.9 Å². The summed E-state index contributed by atoms with van der Waals surface area (Å²) < 4.78 is 16.8. The molecule has 0 unspecified atom stereocenters. The van der Waals surface area contributed by atoms with Crippen molar-refractivity contribution in [1.29, 1.82) is 0 Å². The molecule has 63 heavy (non-hydrogen) atoms. The van der Waals surface area contributed by atoms with E-state index in [1.165, 1.54) is 161 Å². The summed E-state index contributed by atoms with van der Waals surface area (Å²) in [6, 6.07) is 0. The predicted molar refractivity (Wildman–Crippen MR) is 270 cm³/mol. The maximum Gasteiger partial charge on any atom is 0.306 e. The van der Waals surface area contributed by atoms with Crippen molar-refractivity contribution in [3.63, 3.8) is 0 Å². The molecule has 0 rings (SSSR count). The Bertz CT molecular complexity index is 1110. The van der Waals surface area contributed by atoms with Crippen LogP contribution in [0.15, 0.2) is 48.6 Å². The number of esters is 3. The van der Waals surface area contributed by atoms with Crippen molar-refractivity contribution in [3.8, 4) is 0 Å². The number of carbonyl (C=O) groups excluding carboxylic acids is 3. The smallest absolute Gasteiger partial charge is 0.306 e. The van der Waals surface area contributed by atoms with Crippen LogP contribution in [-0.2, 0) is 28.6 Å². The van der Waals surface area contributed by atoms with Gasteiger partial charge in [0.15, 0.2) is 6.10 Å². The molecule has 6 nitrogen and oxygen atoms in total. The summed E-state index contributed by atoms with van der Waals surface area (Å²) in [5.41, 5.74) is 0. The van der Waals surface area contributed by atoms with Gasteiger partial charge in [0.1, 0.15) is 13.2 Å². The Morgan fingerprint density at radius 1 is 0.317 bits per heavy atom. The molecule has 0 aromatic heterocycles. The molecule has 0 radical (unpaired) electrons. The van der Waals surface area contributed by atoms with E-state index in [1.807, 2.05) is 0 Å². The van der Waals surface area contributed by atoms with Crippen molar-refractivity contribution >= 4 is 17.9 Å². The Morgan fingerprint density at radius 2 is 0.571 bits per heavy atom. The van der Waals surface area contributed by atoms with Gasteiger partial charge in [-0.2, -0.15) is 0 Å². The van der Waals surface area contributed by atoms with Gasteiger partial charge < -0.3 is 14.2 Å². The van der Waals surface area contributed by atoms with Gasteiger partial charge in [-0.25, -0.2) is 0 Å². The zero-order valence-corrected chi connectivity index (χ0v) is 41.8. The summed E-state index contributed by atoms with van der Waals surface area (Å²) in [5, 5.41) is 0. The Hall–Kier alpha value is -2.63. The average Bonchev–Trinajstić information content (AvgIpc) is 3.28. The van der Waals surface area contributed by atoms with E-state index in [9.17, 15) is 14.4 Å². The van der Waals surface area contributed by atoms with Gasteiger partial charge in [-0.15, -0.1) is 0 Å². The van der Waals surface area contributed by atoms with Gasteiger partial charge in [-0.3, -0.25) is 14.4 Å². The number of unbranched alkanes of at least 4 members (excludes halogenated alkanes) is 30. The first kappa shape index (κ1) is 60.4. The molecule has 0 aliphatic rings. The minimum absolute atomic E-state index is 0.0806. The second kappa shape index (κ2) is 52.0. The number of rotatable bonds is 49. The Morgan fingerprint density at radius 3 is 0.921 bits per heavy atom. The number of hydrogen-bond acceptors (Lipinski definition) is 6. The molecule has 0 spiro atoms. The molecule has 1 atom stereocenters. The van der Waals surface area contributed by atoms with Gasteiger partial charge in [0, 0.05) is 19.3 Å². The second-order valence-electron chi connectivity index (χ2n) is 18.1. The Balaban J connectivity index is 4.40. The summed E-state index contributed by atoms with van der Waals surface area (Å²) in [4.78, 5) is 38.0. The number of carbonyl (C=O) groups is 3. The lowest BCUT2D eigenvalue weighted by atomic mass is 10.1. The van der Waals surface area contributed by atoms with Crippen molar-refractivity contribution in [1.82, 2.24) is 0 Å². The van der Waals surface area contributed by atoms with Gasteiger partial charge in [-0.05, 0) is 103 Å². The molecule has 0 saturated carbocycles. The molecule has 6 heteroatoms. The first-order valence-corrected chi connectivity index (χ1v) is 27.1. The zero-order chi connectivity index (χ0) is 45.8. The van der Waals surface area contributed by atoms with E-state index in [0.717, 1.165) is 77.0 Å². The fraction of sp³-hybridized carbons (Fsp3) is 0.807. The van der Waals surface area contributed by atoms with Crippen molar-refractivity contribution in [2.24, 2.45) is 0 Å². The molecule has 0 aromatic carbocycles. The Kier molecular flexibility index (Phi) is 49.8. The maximum atomic E-state index is 12.8. The molecule has 0 fully saturated rings. The molecule has 0 aliphatic carbocycles. The second-order valence-corrected chi connectivity index (χ2v) is 18.1. The molecule has 0 amide bonds. The highest BCUT2D eigenvalue weighted by molar-refractivity contribution is 5.71. The minimum Gasteiger partial charge on any atom is -0.462 e. The fourth-order valence-electron chi connectivity index (χ4n) is 7.64. The Labute approximate surface area is 390 Å². The minimum atomic E-state index is -0.781. The van der Waals surface area contributed by atoms with Crippen LogP contribution in [-0.4, -0.2) is 37.2 Å². The highest BCUT2D eigenvalue weighted by Gasteiger charge is 2.19. The molecule has 366 valence electrons. The van der Waals surface area contributed by atoms with E-state index in [1.54, 1.807) is 0 Å². The lowest BCUT2D eigenvalue weighted by Gasteiger charge is -2.18. The lowest BCUT2D eigenvalue weighted by Crippen LogP contribution is -2.30. The summed E-state index contributed by atoms with van der Waals surface area (Å²) in [7, 11) is 0. The largest absolute Gasteiger partial charge is 0.462 e. The highest BCUT2D eigenvalue weighted by Crippen LogP contribution is 2.15. The monoisotopic (exact) mass is 883 g/mol. The molecular formula is C57H102O6. The van der Waals surface area contributed by atoms with Crippen molar-refractivity contribution < 1.29 is 28.6 Å². The van der Waals surface area contributed by atoms with Crippen molar-refractivity contribution in [2.45, 2.75) is 284 Å². The van der Waals surface area contributed by atoms with Crippen LogP contribution in [0.25, 0.3) is 0 Å². The third-order valence-corrected chi connectivity index (χ3v) is 11.8. The van der Waals surface area contributed by atoms with Crippen LogP contribution in [0.5, 0.6) is 0 Å². The quantitative estimate of drug-likeness (QED) is 0.0262. The van der Waals surface area contributed by atoms with E-state index < -0.39 is 6.10 Å². The van der Waals surface area contributed by atoms with Crippen molar-refractivity contribution in [3.05, 3.63) is 48.6 Å². The van der Waals surface area contributed by atoms with Gasteiger partial charge in [0.2, 0.25) is 0 Å². The first-order valence-electron chi connectivity index (χ1n) is 27.1. The number of hydrogen-bond donors (Lipinski definition) is 0. The molecule has 0 aromatic rings. The fourth-order valence-corrected chi connectivity index (χ4v) is 7.64. The molecule has 0 saturated heterocycles. The van der Waals surface area contributed by atoms with Gasteiger partial charge in [0.25, 0.3) is 0 Å².